The standard InChI is InChI=1S/C38H47N9O2/c48-34-12-11-32(37(49)43-34)27-5-9-30(10-6-27)45-20-18-44(19-21-45)16-13-26-3-7-31(8-4-26)47-25-29(23-41-47)42-35-36-39-15-17-46(36)33(24-40-35)38-14-1-2-28(38)22-38/h5-6,9-10,15,17,23-26,28,31-32H,1-4,7-8,11-14,16,18-22H2,(H,40,42)(H,43,48,49). The molecule has 0 bridgehead atoms. The number of fused-ring (bicyclic) bond motifs is 2. The highest BCUT2D eigenvalue weighted by Crippen LogP contribution is 2.64. The van der Waals surface area contributed by atoms with Gasteiger partial charge in [0.25, 0.3) is 0 Å². The molecule has 5 heterocycles. The number of piperidine rings is 1. The van der Waals surface area contributed by atoms with E-state index in [1.807, 2.05) is 12.4 Å². The average molecular weight is 662 g/mol. The van der Waals surface area contributed by atoms with Crippen LogP contribution in [0.2, 0.25) is 0 Å². The Balaban J connectivity index is 0.727. The van der Waals surface area contributed by atoms with E-state index in [0.717, 1.165) is 60.7 Å². The summed E-state index contributed by atoms with van der Waals surface area (Å²) in [4.78, 5) is 38.4. The summed E-state index contributed by atoms with van der Waals surface area (Å²) in [6.45, 7) is 5.37. The summed E-state index contributed by atoms with van der Waals surface area (Å²) in [7, 11) is 0. The van der Waals surface area contributed by atoms with Crippen molar-refractivity contribution in [2.45, 2.75) is 88.0 Å². The van der Waals surface area contributed by atoms with Crippen LogP contribution < -0.4 is 15.5 Å². The van der Waals surface area contributed by atoms with Crippen LogP contribution in [0.5, 0.6) is 0 Å². The number of piperazine rings is 1. The van der Waals surface area contributed by atoms with Crippen LogP contribution >= 0.6 is 0 Å². The highest BCUT2D eigenvalue weighted by atomic mass is 16.2. The highest BCUT2D eigenvalue weighted by molar-refractivity contribution is 6.00. The van der Waals surface area contributed by atoms with Gasteiger partial charge in [0.05, 0.1) is 23.8 Å². The van der Waals surface area contributed by atoms with E-state index in [0.29, 0.717) is 24.3 Å². The Morgan fingerprint density at radius 2 is 1.78 bits per heavy atom. The molecule has 0 radical (unpaired) electrons. The first-order valence-electron chi connectivity index (χ1n) is 18.6. The molecule has 3 unspecified atom stereocenters. The van der Waals surface area contributed by atoms with E-state index in [4.69, 9.17) is 10.1 Å². The third-order valence-electron chi connectivity index (χ3n) is 12.5. The van der Waals surface area contributed by atoms with Gasteiger partial charge in [0, 0.05) is 74.2 Å². The molecule has 2 amide bonds. The monoisotopic (exact) mass is 661 g/mol. The fourth-order valence-corrected chi connectivity index (χ4v) is 9.51. The number of carbonyl (C=O) groups excluding carboxylic acids is 2. The lowest BCUT2D eigenvalue weighted by Gasteiger charge is -2.37. The molecular formula is C38H47N9O2. The summed E-state index contributed by atoms with van der Waals surface area (Å²) in [6, 6.07) is 8.84. The van der Waals surface area contributed by atoms with Gasteiger partial charge in [-0.05, 0) is 93.9 Å². The van der Waals surface area contributed by atoms with Crippen LogP contribution in [0, 0.1) is 11.8 Å². The minimum atomic E-state index is -0.223. The summed E-state index contributed by atoms with van der Waals surface area (Å²) in [5, 5.41) is 10.8. The number of carbonyl (C=O) groups is 2. The maximum Gasteiger partial charge on any atom is 0.234 e. The molecule has 2 aliphatic heterocycles. The van der Waals surface area contributed by atoms with E-state index >= 15 is 0 Å². The van der Waals surface area contributed by atoms with E-state index < -0.39 is 0 Å². The molecule has 11 heteroatoms. The third-order valence-corrected chi connectivity index (χ3v) is 12.5. The number of benzene rings is 1. The molecule has 2 N–H and O–H groups in total. The molecule has 3 atom stereocenters. The van der Waals surface area contributed by atoms with Gasteiger partial charge in [0.15, 0.2) is 11.5 Å². The van der Waals surface area contributed by atoms with Crippen LogP contribution in [0.25, 0.3) is 5.65 Å². The molecule has 2 saturated heterocycles. The topological polar surface area (TPSA) is 113 Å². The molecule has 5 fully saturated rings. The summed E-state index contributed by atoms with van der Waals surface area (Å²) in [5.41, 5.74) is 5.75. The summed E-state index contributed by atoms with van der Waals surface area (Å²) in [6.07, 6.45) is 22.5. The predicted octanol–water partition coefficient (Wildman–Crippen LogP) is 5.57. The number of hydrogen-bond donors (Lipinski definition) is 2. The first-order valence-corrected chi connectivity index (χ1v) is 18.6. The van der Waals surface area contributed by atoms with Gasteiger partial charge in [0.1, 0.15) is 0 Å². The fraction of sp³-hybridized carbons (Fsp3) is 0.553. The molecule has 5 aliphatic rings. The maximum absolute atomic E-state index is 12.3. The average Bonchev–Trinajstić information content (AvgIpc) is 3.56. The first-order chi connectivity index (χ1) is 24.0. The number of amides is 2. The second-order valence-electron chi connectivity index (χ2n) is 15.3. The second kappa shape index (κ2) is 12.6. The molecule has 0 spiro atoms. The quantitative estimate of drug-likeness (QED) is 0.224. The van der Waals surface area contributed by atoms with Gasteiger partial charge >= 0.3 is 0 Å². The third kappa shape index (κ3) is 5.89. The van der Waals surface area contributed by atoms with Crippen molar-refractivity contribution in [3.05, 3.63) is 66.5 Å². The van der Waals surface area contributed by atoms with E-state index in [1.165, 1.54) is 75.7 Å². The van der Waals surface area contributed by atoms with Crippen LogP contribution in [0.1, 0.15) is 93.8 Å². The van der Waals surface area contributed by atoms with Gasteiger partial charge in [-0.15, -0.1) is 0 Å². The van der Waals surface area contributed by atoms with Crippen LogP contribution in [0.15, 0.2) is 55.2 Å². The zero-order valence-electron chi connectivity index (χ0n) is 28.3. The van der Waals surface area contributed by atoms with Crippen molar-refractivity contribution in [3.8, 4) is 0 Å². The normalized spacial score (nSPS) is 28.9. The molecule has 3 aliphatic carbocycles. The molecule has 256 valence electrons. The van der Waals surface area contributed by atoms with E-state index in [-0.39, 0.29) is 17.7 Å². The Hall–Kier alpha value is -4.25. The van der Waals surface area contributed by atoms with Crippen molar-refractivity contribution in [2.75, 3.05) is 42.9 Å². The van der Waals surface area contributed by atoms with Gasteiger partial charge in [0.2, 0.25) is 11.8 Å². The smallest absolute Gasteiger partial charge is 0.234 e. The number of aromatic nitrogens is 5. The van der Waals surface area contributed by atoms with Gasteiger partial charge in [-0.2, -0.15) is 5.10 Å². The van der Waals surface area contributed by atoms with Crippen LogP contribution in [0.4, 0.5) is 17.2 Å². The number of hydrogen-bond acceptors (Lipinski definition) is 8. The maximum atomic E-state index is 12.3. The zero-order chi connectivity index (χ0) is 33.0. The van der Waals surface area contributed by atoms with Crippen LogP contribution in [-0.2, 0) is 15.0 Å². The fourth-order valence-electron chi connectivity index (χ4n) is 9.51. The summed E-state index contributed by atoms with van der Waals surface area (Å²) < 4.78 is 4.43. The minimum Gasteiger partial charge on any atom is -0.369 e. The number of nitrogens with one attached hydrogen (secondary N) is 2. The van der Waals surface area contributed by atoms with Crippen molar-refractivity contribution in [3.63, 3.8) is 0 Å². The lowest BCUT2D eigenvalue weighted by Crippen LogP contribution is -2.47. The van der Waals surface area contributed by atoms with E-state index in [2.05, 4.69) is 77.4 Å². The van der Waals surface area contributed by atoms with Crippen molar-refractivity contribution in [2.24, 2.45) is 11.8 Å². The highest BCUT2D eigenvalue weighted by Gasteiger charge is 2.59. The first kappa shape index (κ1) is 30.8. The van der Waals surface area contributed by atoms with Gasteiger partial charge in [-0.3, -0.25) is 28.9 Å². The number of rotatable bonds is 9. The Kier molecular flexibility index (Phi) is 7.90. The summed E-state index contributed by atoms with van der Waals surface area (Å²) in [5.74, 6) is 1.85. The lowest BCUT2D eigenvalue weighted by atomic mass is 9.84. The summed E-state index contributed by atoms with van der Waals surface area (Å²) >= 11 is 0. The molecule has 11 nitrogen and oxygen atoms in total. The second-order valence-corrected chi connectivity index (χ2v) is 15.3. The van der Waals surface area contributed by atoms with Gasteiger partial charge < -0.3 is 10.2 Å². The minimum absolute atomic E-state index is 0.165. The largest absolute Gasteiger partial charge is 0.369 e. The van der Waals surface area contributed by atoms with Crippen LogP contribution in [-0.4, -0.2) is 73.6 Å². The van der Waals surface area contributed by atoms with Crippen molar-refractivity contribution < 1.29 is 9.59 Å². The Morgan fingerprint density at radius 1 is 0.939 bits per heavy atom. The zero-order valence-corrected chi connectivity index (χ0v) is 28.3. The van der Waals surface area contributed by atoms with E-state index in [9.17, 15) is 9.59 Å². The Bertz CT molecular complexity index is 1830. The Morgan fingerprint density at radius 3 is 2.53 bits per heavy atom. The Labute approximate surface area is 287 Å². The van der Waals surface area contributed by atoms with Crippen molar-refractivity contribution in [1.29, 1.82) is 0 Å². The van der Waals surface area contributed by atoms with Gasteiger partial charge in [-0.1, -0.05) is 18.6 Å². The molecule has 1 aromatic carbocycles. The molecule has 49 heavy (non-hydrogen) atoms. The van der Waals surface area contributed by atoms with Gasteiger partial charge in [-0.25, -0.2) is 9.97 Å². The lowest BCUT2D eigenvalue weighted by molar-refractivity contribution is -0.134. The molecular weight excluding hydrogens is 614 g/mol. The SMILES string of the molecule is O=C1CCC(c2ccc(N3CCN(CCC4CCC(n5cc(Nc6ncc(C78CCCC7C8)n7ccnc67)cn5)CC4)CC3)cc2)C(=O)N1. The molecule has 9 rings (SSSR count). The van der Waals surface area contributed by atoms with Crippen molar-refractivity contribution >= 4 is 34.7 Å². The van der Waals surface area contributed by atoms with Crippen LogP contribution in [0.3, 0.4) is 0 Å². The number of nitrogens with zero attached hydrogens (tertiary/aromatic N) is 7. The number of imide groups is 1. The number of anilines is 3. The number of imidazole rings is 1. The molecule has 4 aromatic rings. The molecule has 3 aromatic heterocycles. The predicted molar refractivity (Wildman–Crippen MR) is 188 cm³/mol. The van der Waals surface area contributed by atoms with Crippen molar-refractivity contribution in [1.82, 2.24) is 34.4 Å². The molecule has 3 saturated carbocycles. The van der Waals surface area contributed by atoms with E-state index in [1.54, 1.807) is 0 Å².